The van der Waals surface area contributed by atoms with Crippen LogP contribution in [0.2, 0.25) is 0 Å². The summed E-state index contributed by atoms with van der Waals surface area (Å²) in [5.41, 5.74) is 1.39. The molecular formula is C10H18N2O2. The number of hydrogen-bond acceptors (Lipinski definition) is 3. The summed E-state index contributed by atoms with van der Waals surface area (Å²) < 4.78 is 0. The van der Waals surface area contributed by atoms with Crippen LogP contribution in [0.1, 0.15) is 27.2 Å². The lowest BCUT2D eigenvalue weighted by Crippen LogP contribution is -2.36. The van der Waals surface area contributed by atoms with E-state index in [2.05, 4.69) is 0 Å². The van der Waals surface area contributed by atoms with Crippen molar-refractivity contribution in [1.29, 1.82) is 0 Å². The molecule has 0 aliphatic carbocycles. The molecule has 0 radical (unpaired) electrons. The van der Waals surface area contributed by atoms with Crippen LogP contribution in [0.25, 0.3) is 0 Å². The Labute approximate surface area is 84.8 Å². The highest BCUT2D eigenvalue weighted by atomic mass is 16.4. The molecule has 1 unspecified atom stereocenters. The fraction of sp³-hybridized carbons (Fsp3) is 0.700. The SMILES string of the molecule is CCC1=C(C(=O)O)N(CC)C(C)N1C. The molecule has 1 aliphatic rings. The zero-order valence-electron chi connectivity index (χ0n) is 9.24. The topological polar surface area (TPSA) is 43.8 Å². The smallest absolute Gasteiger partial charge is 0.354 e. The minimum atomic E-state index is -0.820. The molecule has 1 aliphatic heterocycles. The van der Waals surface area contributed by atoms with E-state index in [4.69, 9.17) is 5.11 Å². The second-order valence-corrected chi connectivity index (χ2v) is 3.48. The predicted octanol–water partition coefficient (Wildman–Crippen LogP) is 1.31. The third-order valence-corrected chi connectivity index (χ3v) is 2.88. The summed E-state index contributed by atoms with van der Waals surface area (Å²) in [6.45, 7) is 6.72. The minimum Gasteiger partial charge on any atom is -0.477 e. The average molecular weight is 198 g/mol. The molecule has 4 heteroatoms. The van der Waals surface area contributed by atoms with E-state index in [0.29, 0.717) is 5.70 Å². The number of hydrogen-bond donors (Lipinski definition) is 1. The molecule has 4 nitrogen and oxygen atoms in total. The largest absolute Gasteiger partial charge is 0.477 e. The maximum absolute atomic E-state index is 11.1. The molecule has 14 heavy (non-hydrogen) atoms. The lowest BCUT2D eigenvalue weighted by molar-refractivity contribution is -0.134. The summed E-state index contributed by atoms with van der Waals surface area (Å²) in [6.07, 6.45) is 0.917. The molecule has 1 heterocycles. The monoisotopic (exact) mass is 198 g/mol. The predicted molar refractivity (Wildman–Crippen MR) is 54.6 cm³/mol. The quantitative estimate of drug-likeness (QED) is 0.742. The first kappa shape index (κ1) is 10.9. The highest BCUT2D eigenvalue weighted by Crippen LogP contribution is 2.29. The lowest BCUT2D eigenvalue weighted by Gasteiger charge is -2.27. The van der Waals surface area contributed by atoms with Crippen molar-refractivity contribution in [2.75, 3.05) is 13.6 Å². The van der Waals surface area contributed by atoms with E-state index >= 15 is 0 Å². The zero-order chi connectivity index (χ0) is 10.9. The number of carboxylic acids is 1. The van der Waals surface area contributed by atoms with Gasteiger partial charge in [0.1, 0.15) is 5.70 Å². The van der Waals surface area contributed by atoms with E-state index in [1.54, 1.807) is 0 Å². The molecule has 0 amide bonds. The maximum Gasteiger partial charge on any atom is 0.354 e. The van der Waals surface area contributed by atoms with Crippen LogP contribution in [0, 0.1) is 0 Å². The molecular weight excluding hydrogens is 180 g/mol. The van der Waals surface area contributed by atoms with Crippen molar-refractivity contribution in [1.82, 2.24) is 9.80 Å². The van der Waals surface area contributed by atoms with Gasteiger partial charge in [0.15, 0.2) is 0 Å². The fourth-order valence-corrected chi connectivity index (χ4v) is 2.04. The van der Waals surface area contributed by atoms with E-state index < -0.39 is 5.97 Å². The third-order valence-electron chi connectivity index (χ3n) is 2.88. The molecule has 0 bridgehead atoms. The van der Waals surface area contributed by atoms with E-state index in [1.165, 1.54) is 0 Å². The second-order valence-electron chi connectivity index (χ2n) is 3.48. The molecule has 0 saturated carbocycles. The summed E-state index contributed by atoms with van der Waals surface area (Å²) in [4.78, 5) is 15.1. The van der Waals surface area contributed by atoms with E-state index in [-0.39, 0.29) is 6.17 Å². The third kappa shape index (κ3) is 1.45. The van der Waals surface area contributed by atoms with Crippen molar-refractivity contribution in [3.63, 3.8) is 0 Å². The van der Waals surface area contributed by atoms with Crippen molar-refractivity contribution < 1.29 is 9.90 Å². The van der Waals surface area contributed by atoms with Gasteiger partial charge >= 0.3 is 5.97 Å². The Morgan fingerprint density at radius 2 is 2.07 bits per heavy atom. The molecule has 0 aromatic heterocycles. The zero-order valence-corrected chi connectivity index (χ0v) is 9.24. The van der Waals surface area contributed by atoms with Crippen LogP contribution in [-0.4, -0.2) is 40.6 Å². The van der Waals surface area contributed by atoms with Gasteiger partial charge in [-0.2, -0.15) is 0 Å². The normalized spacial score (nSPS) is 22.1. The van der Waals surface area contributed by atoms with Crippen molar-refractivity contribution in [3.05, 3.63) is 11.4 Å². The van der Waals surface area contributed by atoms with Crippen LogP contribution in [-0.2, 0) is 4.79 Å². The summed E-state index contributed by atoms with van der Waals surface area (Å²) in [5.74, 6) is -0.820. The number of carbonyl (C=O) groups is 1. The van der Waals surface area contributed by atoms with Crippen LogP contribution < -0.4 is 0 Å². The second kappa shape index (κ2) is 3.90. The Bertz CT molecular complexity index is 273. The van der Waals surface area contributed by atoms with Gasteiger partial charge in [-0.3, -0.25) is 0 Å². The van der Waals surface area contributed by atoms with Crippen molar-refractivity contribution in [2.45, 2.75) is 33.4 Å². The van der Waals surface area contributed by atoms with E-state index in [0.717, 1.165) is 18.7 Å². The van der Waals surface area contributed by atoms with Crippen molar-refractivity contribution >= 4 is 5.97 Å². The van der Waals surface area contributed by atoms with Gasteiger partial charge in [-0.05, 0) is 20.3 Å². The summed E-state index contributed by atoms with van der Waals surface area (Å²) in [5, 5.41) is 9.13. The van der Waals surface area contributed by atoms with Crippen LogP contribution >= 0.6 is 0 Å². The molecule has 80 valence electrons. The summed E-state index contributed by atoms with van der Waals surface area (Å²) in [7, 11) is 1.95. The highest BCUT2D eigenvalue weighted by molar-refractivity contribution is 5.87. The first-order chi connectivity index (χ1) is 6.54. The first-order valence-electron chi connectivity index (χ1n) is 5.00. The molecule has 0 saturated heterocycles. The van der Waals surface area contributed by atoms with Crippen molar-refractivity contribution in [2.24, 2.45) is 0 Å². The molecule has 0 spiro atoms. The Morgan fingerprint density at radius 1 is 1.50 bits per heavy atom. The van der Waals surface area contributed by atoms with Crippen LogP contribution in [0.5, 0.6) is 0 Å². The number of nitrogens with zero attached hydrogens (tertiary/aromatic N) is 2. The van der Waals surface area contributed by atoms with Crippen LogP contribution in [0.15, 0.2) is 11.4 Å². The fourth-order valence-electron chi connectivity index (χ4n) is 2.04. The van der Waals surface area contributed by atoms with E-state index in [1.807, 2.05) is 37.6 Å². The average Bonchev–Trinajstić information content (AvgIpc) is 2.39. The van der Waals surface area contributed by atoms with Gasteiger partial charge in [0.2, 0.25) is 0 Å². The standard InChI is InChI=1S/C10H18N2O2/c1-5-8-9(10(13)14)12(6-2)7(3)11(8)4/h7H,5-6H2,1-4H3,(H,13,14). The molecule has 1 rings (SSSR count). The van der Waals surface area contributed by atoms with Gasteiger partial charge in [-0.15, -0.1) is 0 Å². The van der Waals surface area contributed by atoms with Crippen LogP contribution in [0.3, 0.4) is 0 Å². The molecule has 1 N–H and O–H groups in total. The lowest BCUT2D eigenvalue weighted by atomic mass is 10.2. The van der Waals surface area contributed by atoms with Gasteiger partial charge in [0.25, 0.3) is 0 Å². The van der Waals surface area contributed by atoms with Crippen molar-refractivity contribution in [3.8, 4) is 0 Å². The molecule has 0 fully saturated rings. The molecule has 0 aromatic carbocycles. The van der Waals surface area contributed by atoms with E-state index in [9.17, 15) is 4.79 Å². The number of allylic oxidation sites excluding steroid dienone is 1. The van der Waals surface area contributed by atoms with Gasteiger partial charge in [-0.1, -0.05) is 6.92 Å². The number of carboxylic acid groups (broad SMARTS) is 1. The Balaban J connectivity index is 3.11. The number of rotatable bonds is 3. The molecule has 1 atom stereocenters. The van der Waals surface area contributed by atoms with Gasteiger partial charge in [0.05, 0.1) is 6.17 Å². The summed E-state index contributed by atoms with van der Waals surface area (Å²) in [6, 6.07) is 0. The number of aliphatic carboxylic acids is 1. The van der Waals surface area contributed by atoms with Gasteiger partial charge < -0.3 is 14.9 Å². The highest BCUT2D eigenvalue weighted by Gasteiger charge is 2.34. The number of likely N-dealkylation sites (N-methyl/N-ethyl adjacent to an activating group) is 1. The van der Waals surface area contributed by atoms with Gasteiger partial charge in [-0.25, -0.2) is 4.79 Å². The first-order valence-corrected chi connectivity index (χ1v) is 5.00. The maximum atomic E-state index is 11.1. The van der Waals surface area contributed by atoms with Crippen LogP contribution in [0.4, 0.5) is 0 Å². The Hall–Kier alpha value is -1.19. The summed E-state index contributed by atoms with van der Waals surface area (Å²) >= 11 is 0. The molecule has 0 aromatic rings. The minimum absolute atomic E-state index is 0.154. The van der Waals surface area contributed by atoms with Gasteiger partial charge in [0, 0.05) is 19.3 Å². The Kier molecular flexibility index (Phi) is 3.03. The Morgan fingerprint density at radius 3 is 2.43 bits per heavy atom.